The lowest BCUT2D eigenvalue weighted by Crippen LogP contribution is -2.52. The quantitative estimate of drug-likeness (QED) is 0.816. The Hall–Kier alpha value is -0.810. The Morgan fingerprint density at radius 1 is 1.17 bits per heavy atom. The number of hydrogen-bond donors (Lipinski definition) is 2. The van der Waals surface area contributed by atoms with E-state index < -0.39 is 5.60 Å². The van der Waals surface area contributed by atoms with Crippen LogP contribution in [0.1, 0.15) is 59.3 Å². The summed E-state index contributed by atoms with van der Waals surface area (Å²) < 4.78 is 5.36. The first kappa shape index (κ1) is 17.0. The molecule has 0 aromatic heterocycles. The minimum atomic E-state index is -0.430. The van der Waals surface area contributed by atoms with Gasteiger partial charge in [-0.25, -0.2) is 4.79 Å². The molecular formula is C18H33N3O2. The molecule has 0 bridgehead atoms. The van der Waals surface area contributed by atoms with Gasteiger partial charge in [0.05, 0.1) is 0 Å². The number of ether oxygens (including phenoxy) is 1. The summed E-state index contributed by atoms with van der Waals surface area (Å²) >= 11 is 0. The highest BCUT2D eigenvalue weighted by molar-refractivity contribution is 5.67. The van der Waals surface area contributed by atoms with E-state index in [0.717, 1.165) is 5.92 Å². The Morgan fingerprint density at radius 3 is 2.65 bits per heavy atom. The number of fused-ring (bicyclic) bond motifs is 1. The predicted octanol–water partition coefficient (Wildman–Crippen LogP) is 2.51. The summed E-state index contributed by atoms with van der Waals surface area (Å²) in [5.41, 5.74) is -0.430. The Morgan fingerprint density at radius 2 is 1.96 bits per heavy atom. The fraction of sp³-hybridized carbons (Fsp3) is 0.944. The highest BCUT2D eigenvalue weighted by Crippen LogP contribution is 2.34. The van der Waals surface area contributed by atoms with Gasteiger partial charge in [0.2, 0.25) is 0 Å². The molecule has 3 unspecified atom stereocenters. The van der Waals surface area contributed by atoms with Gasteiger partial charge in [-0.3, -0.25) is 4.90 Å². The molecule has 2 heterocycles. The zero-order valence-corrected chi connectivity index (χ0v) is 14.9. The van der Waals surface area contributed by atoms with Crippen LogP contribution in [0.4, 0.5) is 4.79 Å². The van der Waals surface area contributed by atoms with Crippen LogP contribution in [0.25, 0.3) is 0 Å². The van der Waals surface area contributed by atoms with E-state index in [1.165, 1.54) is 51.6 Å². The fourth-order valence-electron chi connectivity index (χ4n) is 4.08. The van der Waals surface area contributed by atoms with Crippen molar-refractivity contribution in [3.63, 3.8) is 0 Å². The lowest BCUT2D eigenvalue weighted by atomic mass is 9.98. The van der Waals surface area contributed by atoms with E-state index in [9.17, 15) is 4.79 Å². The second kappa shape index (κ2) is 6.98. The van der Waals surface area contributed by atoms with E-state index in [1.807, 2.05) is 20.8 Å². The number of piperidine rings is 1. The molecule has 0 radical (unpaired) electrons. The summed E-state index contributed by atoms with van der Waals surface area (Å²) in [5, 5.41) is 6.85. The summed E-state index contributed by atoms with van der Waals surface area (Å²) in [6.07, 6.45) is 7.58. The number of nitrogens with zero attached hydrogens (tertiary/aromatic N) is 1. The van der Waals surface area contributed by atoms with Gasteiger partial charge in [-0.05, 0) is 65.3 Å². The molecule has 3 fully saturated rings. The van der Waals surface area contributed by atoms with Crippen molar-refractivity contribution in [1.29, 1.82) is 0 Å². The zero-order valence-electron chi connectivity index (χ0n) is 14.9. The average Bonchev–Trinajstić information content (AvgIpc) is 3.23. The van der Waals surface area contributed by atoms with Crippen LogP contribution in [0, 0.1) is 5.92 Å². The average molecular weight is 323 g/mol. The van der Waals surface area contributed by atoms with Crippen molar-refractivity contribution < 1.29 is 9.53 Å². The van der Waals surface area contributed by atoms with Gasteiger partial charge in [-0.15, -0.1) is 0 Å². The lowest BCUT2D eigenvalue weighted by Gasteiger charge is -2.34. The largest absolute Gasteiger partial charge is 0.444 e. The second-order valence-electron chi connectivity index (χ2n) is 8.49. The van der Waals surface area contributed by atoms with Gasteiger partial charge >= 0.3 is 6.09 Å². The minimum Gasteiger partial charge on any atom is -0.444 e. The first-order chi connectivity index (χ1) is 10.9. The third kappa shape index (κ3) is 4.83. The number of rotatable bonds is 5. The molecule has 3 atom stereocenters. The van der Waals surface area contributed by atoms with E-state index in [0.29, 0.717) is 24.7 Å². The van der Waals surface area contributed by atoms with Crippen molar-refractivity contribution in [2.75, 3.05) is 19.6 Å². The summed E-state index contributed by atoms with van der Waals surface area (Å²) in [4.78, 5) is 14.6. The second-order valence-corrected chi connectivity index (χ2v) is 8.49. The zero-order chi connectivity index (χ0) is 16.4. The number of amides is 1. The van der Waals surface area contributed by atoms with Gasteiger partial charge in [0.15, 0.2) is 0 Å². The Labute approximate surface area is 140 Å². The molecule has 3 aliphatic rings. The molecule has 0 aromatic carbocycles. The van der Waals surface area contributed by atoms with Gasteiger partial charge in [-0.2, -0.15) is 0 Å². The molecule has 23 heavy (non-hydrogen) atoms. The van der Waals surface area contributed by atoms with Crippen LogP contribution in [-0.4, -0.2) is 54.4 Å². The molecule has 3 rings (SSSR count). The molecule has 1 aliphatic carbocycles. The van der Waals surface area contributed by atoms with Crippen molar-refractivity contribution in [1.82, 2.24) is 15.5 Å². The van der Waals surface area contributed by atoms with E-state index in [-0.39, 0.29) is 6.09 Å². The van der Waals surface area contributed by atoms with Crippen molar-refractivity contribution in [3.05, 3.63) is 0 Å². The third-order valence-corrected chi connectivity index (χ3v) is 5.34. The summed E-state index contributed by atoms with van der Waals surface area (Å²) in [6.45, 7) is 8.90. The van der Waals surface area contributed by atoms with Crippen molar-refractivity contribution in [2.45, 2.75) is 83.0 Å². The summed E-state index contributed by atoms with van der Waals surface area (Å²) in [5.74, 6) is 0.725. The first-order valence-corrected chi connectivity index (χ1v) is 9.39. The maximum atomic E-state index is 11.9. The summed E-state index contributed by atoms with van der Waals surface area (Å²) in [6, 6.07) is 1.71. The molecule has 2 N–H and O–H groups in total. The SMILES string of the molecule is CC(C)(C)OC(=O)NCC(NC1CCN2CCCCC12)C1CC1. The molecular weight excluding hydrogens is 290 g/mol. The number of carbonyl (C=O) groups excluding carboxylic acids is 1. The van der Waals surface area contributed by atoms with Crippen LogP contribution < -0.4 is 10.6 Å². The molecule has 0 spiro atoms. The van der Waals surface area contributed by atoms with Crippen LogP contribution in [0.5, 0.6) is 0 Å². The van der Waals surface area contributed by atoms with E-state index >= 15 is 0 Å². The third-order valence-electron chi connectivity index (χ3n) is 5.34. The molecule has 0 aromatic rings. The first-order valence-electron chi connectivity index (χ1n) is 9.39. The molecule has 5 heteroatoms. The van der Waals surface area contributed by atoms with Gasteiger partial charge in [0.1, 0.15) is 5.60 Å². The normalized spacial score (nSPS) is 29.9. The predicted molar refractivity (Wildman–Crippen MR) is 91.5 cm³/mol. The molecule has 2 aliphatic heterocycles. The van der Waals surface area contributed by atoms with E-state index in [4.69, 9.17) is 4.74 Å². The van der Waals surface area contributed by atoms with E-state index in [1.54, 1.807) is 0 Å². The van der Waals surface area contributed by atoms with Crippen molar-refractivity contribution >= 4 is 6.09 Å². The smallest absolute Gasteiger partial charge is 0.407 e. The van der Waals surface area contributed by atoms with Crippen LogP contribution in [0.3, 0.4) is 0 Å². The molecule has 1 saturated carbocycles. The van der Waals surface area contributed by atoms with Gasteiger partial charge in [-0.1, -0.05) is 6.42 Å². The van der Waals surface area contributed by atoms with Crippen molar-refractivity contribution in [3.8, 4) is 0 Å². The van der Waals surface area contributed by atoms with Crippen LogP contribution in [-0.2, 0) is 4.74 Å². The standard InChI is InChI=1S/C18H33N3O2/c1-18(2,3)23-17(22)19-12-15(13-7-8-13)20-14-9-11-21-10-5-4-6-16(14)21/h13-16,20H,4-12H2,1-3H3,(H,19,22). The molecule has 5 nitrogen and oxygen atoms in total. The number of hydrogen-bond acceptors (Lipinski definition) is 4. The maximum Gasteiger partial charge on any atom is 0.407 e. The minimum absolute atomic E-state index is 0.296. The topological polar surface area (TPSA) is 53.6 Å². The molecule has 132 valence electrons. The Balaban J connectivity index is 1.48. The van der Waals surface area contributed by atoms with Gasteiger partial charge < -0.3 is 15.4 Å². The van der Waals surface area contributed by atoms with Gasteiger partial charge in [0, 0.05) is 31.2 Å². The monoisotopic (exact) mass is 323 g/mol. The Bertz CT molecular complexity index is 417. The number of nitrogens with one attached hydrogen (secondary N) is 2. The number of alkyl carbamates (subject to hydrolysis) is 1. The maximum absolute atomic E-state index is 11.9. The van der Waals surface area contributed by atoms with Crippen LogP contribution >= 0.6 is 0 Å². The van der Waals surface area contributed by atoms with Crippen LogP contribution in [0.2, 0.25) is 0 Å². The fourth-order valence-corrected chi connectivity index (χ4v) is 4.08. The van der Waals surface area contributed by atoms with Crippen LogP contribution in [0.15, 0.2) is 0 Å². The Kier molecular flexibility index (Phi) is 5.16. The van der Waals surface area contributed by atoms with E-state index in [2.05, 4.69) is 15.5 Å². The van der Waals surface area contributed by atoms with Gasteiger partial charge in [0.25, 0.3) is 0 Å². The highest BCUT2D eigenvalue weighted by atomic mass is 16.6. The molecule has 2 saturated heterocycles. The lowest BCUT2D eigenvalue weighted by molar-refractivity contribution is 0.0519. The number of carbonyl (C=O) groups is 1. The summed E-state index contributed by atoms with van der Waals surface area (Å²) in [7, 11) is 0. The highest BCUT2D eigenvalue weighted by Gasteiger charge is 2.39. The molecule has 1 amide bonds. The van der Waals surface area contributed by atoms with Crippen molar-refractivity contribution in [2.24, 2.45) is 5.92 Å².